The number of rotatable bonds is 4. The summed E-state index contributed by atoms with van der Waals surface area (Å²) in [6.07, 6.45) is 10.4. The molecule has 0 aliphatic heterocycles. The van der Waals surface area contributed by atoms with Crippen LogP contribution in [-0.4, -0.2) is 6.54 Å². The Hall–Kier alpha value is -1.80. The zero-order chi connectivity index (χ0) is 19.5. The molecule has 2 nitrogen and oxygen atoms in total. The summed E-state index contributed by atoms with van der Waals surface area (Å²) in [6, 6.07) is 16.0. The highest BCUT2D eigenvalue weighted by Crippen LogP contribution is 2.39. The number of hydrogen-bond donors (Lipinski definition) is 2. The monoisotopic (exact) mass is 376 g/mol. The second-order valence-corrected chi connectivity index (χ2v) is 9.38. The van der Waals surface area contributed by atoms with Gasteiger partial charge in [0, 0.05) is 5.69 Å². The molecule has 0 spiro atoms. The summed E-state index contributed by atoms with van der Waals surface area (Å²) in [5.41, 5.74) is 18.7. The van der Waals surface area contributed by atoms with E-state index in [9.17, 15) is 0 Å². The average Bonchev–Trinajstić information content (AvgIpc) is 2.75. The highest BCUT2D eigenvalue weighted by molar-refractivity contribution is 5.69. The molecule has 2 aliphatic carbocycles. The first-order chi connectivity index (χ1) is 13.6. The van der Waals surface area contributed by atoms with Crippen molar-refractivity contribution in [2.45, 2.75) is 70.1 Å². The molecule has 28 heavy (non-hydrogen) atoms. The fourth-order valence-corrected chi connectivity index (χ4v) is 5.38. The topological polar surface area (TPSA) is 52.0 Å². The second-order valence-electron chi connectivity index (χ2n) is 9.38. The maximum absolute atomic E-state index is 6.49. The van der Waals surface area contributed by atoms with Gasteiger partial charge in [0.2, 0.25) is 0 Å². The molecular formula is C26H36N2. The summed E-state index contributed by atoms with van der Waals surface area (Å²) >= 11 is 0. The first-order valence-electron chi connectivity index (χ1n) is 11.3. The van der Waals surface area contributed by atoms with Gasteiger partial charge in [-0.3, -0.25) is 0 Å². The van der Waals surface area contributed by atoms with E-state index in [4.69, 9.17) is 11.5 Å². The normalized spacial score (nSPS) is 28.2. The number of nitrogens with two attached hydrogens (primary N) is 2. The lowest BCUT2D eigenvalue weighted by Gasteiger charge is -2.28. The molecule has 2 aliphatic rings. The molecule has 0 bridgehead atoms. The van der Waals surface area contributed by atoms with Gasteiger partial charge < -0.3 is 11.5 Å². The lowest BCUT2D eigenvalue weighted by atomic mass is 9.78. The van der Waals surface area contributed by atoms with Crippen LogP contribution in [0.2, 0.25) is 0 Å². The van der Waals surface area contributed by atoms with E-state index >= 15 is 0 Å². The molecule has 0 heterocycles. The van der Waals surface area contributed by atoms with E-state index in [1.807, 2.05) is 0 Å². The zero-order valence-corrected chi connectivity index (χ0v) is 17.4. The molecule has 0 saturated heterocycles. The summed E-state index contributed by atoms with van der Waals surface area (Å²) in [7, 11) is 0. The molecule has 0 aromatic heterocycles. The Kier molecular flexibility index (Phi) is 6.06. The third-order valence-electron chi connectivity index (χ3n) is 7.44. The third-order valence-corrected chi connectivity index (χ3v) is 7.44. The Morgan fingerprint density at radius 2 is 1.36 bits per heavy atom. The molecule has 2 fully saturated rings. The molecule has 2 saturated carbocycles. The second kappa shape index (κ2) is 8.69. The molecule has 0 radical (unpaired) electrons. The summed E-state index contributed by atoms with van der Waals surface area (Å²) in [4.78, 5) is 0. The van der Waals surface area contributed by atoms with Gasteiger partial charge in [0.1, 0.15) is 0 Å². The Bertz CT molecular complexity index is 764. The van der Waals surface area contributed by atoms with Crippen molar-refractivity contribution in [1.82, 2.24) is 0 Å². The van der Waals surface area contributed by atoms with E-state index in [2.05, 4.69) is 49.4 Å². The Balaban J connectivity index is 1.45. The van der Waals surface area contributed by atoms with Gasteiger partial charge in [0.25, 0.3) is 0 Å². The number of hydrogen-bond acceptors (Lipinski definition) is 2. The molecule has 0 amide bonds. The van der Waals surface area contributed by atoms with Crippen LogP contribution in [-0.2, 0) is 0 Å². The van der Waals surface area contributed by atoms with Crippen molar-refractivity contribution >= 4 is 5.69 Å². The minimum absolute atomic E-state index is 0.649. The van der Waals surface area contributed by atoms with E-state index in [1.54, 1.807) is 0 Å². The average molecular weight is 377 g/mol. The van der Waals surface area contributed by atoms with Crippen LogP contribution in [0.3, 0.4) is 0 Å². The van der Waals surface area contributed by atoms with Crippen LogP contribution in [0.5, 0.6) is 0 Å². The minimum Gasteiger partial charge on any atom is -0.398 e. The Morgan fingerprint density at radius 3 is 1.96 bits per heavy atom. The van der Waals surface area contributed by atoms with Crippen LogP contribution < -0.4 is 11.5 Å². The first-order valence-corrected chi connectivity index (χ1v) is 11.3. The van der Waals surface area contributed by atoms with E-state index < -0.39 is 0 Å². The fraction of sp³-hybridized carbons (Fsp3) is 0.538. The van der Waals surface area contributed by atoms with Crippen molar-refractivity contribution in [3.63, 3.8) is 0 Å². The van der Waals surface area contributed by atoms with Gasteiger partial charge in [-0.2, -0.15) is 0 Å². The molecule has 2 aromatic rings. The summed E-state index contributed by atoms with van der Waals surface area (Å²) < 4.78 is 0. The number of benzene rings is 2. The molecule has 4 rings (SSSR count). The van der Waals surface area contributed by atoms with Crippen molar-refractivity contribution in [1.29, 1.82) is 0 Å². The van der Waals surface area contributed by atoms with Gasteiger partial charge in [-0.15, -0.1) is 0 Å². The molecule has 4 N–H and O–H groups in total. The highest BCUT2D eigenvalue weighted by atomic mass is 14.6. The van der Waals surface area contributed by atoms with E-state index in [0.29, 0.717) is 11.8 Å². The van der Waals surface area contributed by atoms with Gasteiger partial charge in [0.05, 0.1) is 0 Å². The minimum atomic E-state index is 0.649. The maximum atomic E-state index is 6.49. The lowest BCUT2D eigenvalue weighted by Crippen LogP contribution is -2.20. The van der Waals surface area contributed by atoms with Crippen LogP contribution in [0.25, 0.3) is 11.1 Å². The quantitative estimate of drug-likeness (QED) is 0.601. The van der Waals surface area contributed by atoms with E-state index in [1.165, 1.54) is 73.6 Å². The predicted molar refractivity (Wildman–Crippen MR) is 120 cm³/mol. The van der Waals surface area contributed by atoms with Crippen LogP contribution in [0.15, 0.2) is 42.5 Å². The maximum Gasteiger partial charge on any atom is 0.0355 e. The SMILES string of the molecule is CC1CCC(c2ccc(-c3ccc(C4CCC(CN)CC4)cc3)cc2N)CC1. The lowest BCUT2D eigenvalue weighted by molar-refractivity contribution is 0.333. The van der Waals surface area contributed by atoms with Crippen molar-refractivity contribution in [2.75, 3.05) is 12.3 Å². The van der Waals surface area contributed by atoms with Crippen molar-refractivity contribution in [3.8, 4) is 11.1 Å². The smallest absolute Gasteiger partial charge is 0.0355 e. The van der Waals surface area contributed by atoms with Crippen LogP contribution >= 0.6 is 0 Å². The van der Waals surface area contributed by atoms with Crippen LogP contribution in [0.1, 0.15) is 81.3 Å². The molecule has 2 aromatic carbocycles. The number of anilines is 1. The van der Waals surface area contributed by atoms with Gasteiger partial charge in [-0.1, -0.05) is 56.2 Å². The summed E-state index contributed by atoms with van der Waals surface area (Å²) in [5, 5.41) is 0. The molecule has 150 valence electrons. The summed E-state index contributed by atoms with van der Waals surface area (Å²) in [5.74, 6) is 2.97. The van der Waals surface area contributed by atoms with Gasteiger partial charge >= 0.3 is 0 Å². The van der Waals surface area contributed by atoms with Crippen molar-refractivity contribution in [2.24, 2.45) is 17.6 Å². The predicted octanol–water partition coefficient (Wildman–Crippen LogP) is 6.46. The highest BCUT2D eigenvalue weighted by Gasteiger charge is 2.22. The molecule has 0 unspecified atom stereocenters. The molecular weight excluding hydrogens is 340 g/mol. The van der Waals surface area contributed by atoms with E-state index in [0.717, 1.165) is 24.1 Å². The Labute approximate surface area is 170 Å². The van der Waals surface area contributed by atoms with Crippen molar-refractivity contribution < 1.29 is 0 Å². The molecule has 0 atom stereocenters. The number of nitrogen functional groups attached to an aromatic ring is 1. The first kappa shape index (κ1) is 19.5. The third kappa shape index (κ3) is 4.27. The Morgan fingerprint density at radius 1 is 0.750 bits per heavy atom. The van der Waals surface area contributed by atoms with Crippen LogP contribution in [0, 0.1) is 11.8 Å². The largest absolute Gasteiger partial charge is 0.398 e. The fourth-order valence-electron chi connectivity index (χ4n) is 5.38. The van der Waals surface area contributed by atoms with E-state index in [-0.39, 0.29) is 0 Å². The van der Waals surface area contributed by atoms with Crippen LogP contribution in [0.4, 0.5) is 5.69 Å². The van der Waals surface area contributed by atoms with Crippen molar-refractivity contribution in [3.05, 3.63) is 53.6 Å². The van der Waals surface area contributed by atoms with Gasteiger partial charge in [0.15, 0.2) is 0 Å². The summed E-state index contributed by atoms with van der Waals surface area (Å²) in [6.45, 7) is 3.22. The van der Waals surface area contributed by atoms with Gasteiger partial charge in [-0.05, 0) is 97.1 Å². The van der Waals surface area contributed by atoms with Gasteiger partial charge in [-0.25, -0.2) is 0 Å². The standard InChI is InChI=1S/C26H36N2/c1-18-2-6-23(7-3-18)25-15-14-24(16-26(25)28)22-12-10-21(11-13-22)20-8-4-19(17-27)5-9-20/h10-16,18-20,23H,2-9,17,27-28H2,1H3. The zero-order valence-electron chi connectivity index (χ0n) is 17.4. The molecule has 2 heteroatoms.